The number of halogens is 2. The first-order valence-corrected chi connectivity index (χ1v) is 13.5. The second-order valence-corrected chi connectivity index (χ2v) is 10.4. The van der Waals surface area contributed by atoms with Crippen LogP contribution in [0.5, 0.6) is 11.5 Å². The lowest BCUT2D eigenvalue weighted by Crippen LogP contribution is -2.29. The molecule has 1 aliphatic rings. The molecule has 6 rings (SSSR count). The molecule has 1 aliphatic heterocycles. The van der Waals surface area contributed by atoms with Gasteiger partial charge in [-0.2, -0.15) is 0 Å². The van der Waals surface area contributed by atoms with E-state index in [1.165, 1.54) is 0 Å². The van der Waals surface area contributed by atoms with E-state index in [2.05, 4.69) is 15.2 Å². The molecular formula is C31H23Cl2N3O2S. The van der Waals surface area contributed by atoms with E-state index in [0.29, 0.717) is 20.9 Å². The fourth-order valence-electron chi connectivity index (χ4n) is 4.71. The third-order valence-electron chi connectivity index (χ3n) is 6.66. The minimum Gasteiger partial charge on any atom is -0.459 e. The molecule has 0 amide bonds. The molecule has 1 N–H and O–H groups in total. The van der Waals surface area contributed by atoms with Gasteiger partial charge in [-0.15, -0.1) is 0 Å². The number of nitrogens with one attached hydrogen (secondary N) is 1. The first kappa shape index (κ1) is 25.4. The fourth-order valence-corrected chi connectivity index (χ4v) is 5.35. The quantitative estimate of drug-likeness (QED) is 0.205. The maximum atomic E-state index is 6.42. The van der Waals surface area contributed by atoms with E-state index in [-0.39, 0.29) is 12.1 Å². The average Bonchev–Trinajstić information content (AvgIpc) is 3.57. The van der Waals surface area contributed by atoms with Crippen molar-refractivity contribution in [3.05, 3.63) is 130 Å². The Bertz CT molecular complexity index is 1640. The molecule has 5 nitrogen and oxygen atoms in total. The molecule has 39 heavy (non-hydrogen) atoms. The van der Waals surface area contributed by atoms with Crippen molar-refractivity contribution in [2.24, 2.45) is 0 Å². The molecule has 194 valence electrons. The van der Waals surface area contributed by atoms with Gasteiger partial charge in [0.1, 0.15) is 29.1 Å². The average molecular weight is 573 g/mol. The number of aryl methyl sites for hydroxylation is 1. The van der Waals surface area contributed by atoms with Gasteiger partial charge in [-0.05, 0) is 97.5 Å². The molecule has 0 radical (unpaired) electrons. The van der Waals surface area contributed by atoms with Crippen LogP contribution >= 0.6 is 35.4 Å². The zero-order chi connectivity index (χ0) is 26.9. The Hall–Kier alpha value is -3.84. The Labute approximate surface area is 242 Å². The van der Waals surface area contributed by atoms with Gasteiger partial charge in [0.2, 0.25) is 0 Å². The number of hydrogen-bond donors (Lipinski definition) is 1. The van der Waals surface area contributed by atoms with E-state index in [1.807, 2.05) is 91.9 Å². The molecule has 0 aliphatic carbocycles. The lowest BCUT2D eigenvalue weighted by Gasteiger charge is -2.26. The summed E-state index contributed by atoms with van der Waals surface area (Å²) in [6.07, 6.45) is 1.78. The molecule has 3 aromatic carbocycles. The van der Waals surface area contributed by atoms with Gasteiger partial charge >= 0.3 is 0 Å². The van der Waals surface area contributed by atoms with Gasteiger partial charge in [0.15, 0.2) is 5.11 Å². The zero-order valence-electron chi connectivity index (χ0n) is 20.8. The molecule has 3 heterocycles. The third kappa shape index (κ3) is 5.11. The van der Waals surface area contributed by atoms with Crippen molar-refractivity contribution < 1.29 is 9.15 Å². The molecule has 2 atom stereocenters. The number of benzene rings is 3. The van der Waals surface area contributed by atoms with E-state index < -0.39 is 0 Å². The lowest BCUT2D eigenvalue weighted by molar-refractivity contribution is 0.439. The lowest BCUT2D eigenvalue weighted by atomic mass is 10.0. The first-order chi connectivity index (χ1) is 19.0. The van der Waals surface area contributed by atoms with Crippen molar-refractivity contribution in [2.75, 3.05) is 4.90 Å². The number of ether oxygens (including phenoxy) is 1. The third-order valence-corrected chi connectivity index (χ3v) is 7.71. The molecule has 8 heteroatoms. The van der Waals surface area contributed by atoms with Crippen molar-refractivity contribution in [3.8, 4) is 22.8 Å². The zero-order valence-corrected chi connectivity index (χ0v) is 23.2. The van der Waals surface area contributed by atoms with Gasteiger partial charge in [0.25, 0.3) is 0 Å². The second-order valence-electron chi connectivity index (χ2n) is 9.19. The molecule has 2 aromatic heterocycles. The minimum absolute atomic E-state index is 0.227. The summed E-state index contributed by atoms with van der Waals surface area (Å²) < 4.78 is 12.5. The molecule has 1 fully saturated rings. The Balaban J connectivity index is 1.36. The van der Waals surface area contributed by atoms with Crippen LogP contribution in [0.1, 0.15) is 29.1 Å². The van der Waals surface area contributed by atoms with Crippen molar-refractivity contribution in [2.45, 2.75) is 19.0 Å². The minimum atomic E-state index is -0.285. The van der Waals surface area contributed by atoms with E-state index in [4.69, 9.17) is 44.6 Å². The highest BCUT2D eigenvalue weighted by Gasteiger charge is 2.42. The van der Waals surface area contributed by atoms with Gasteiger partial charge in [-0.1, -0.05) is 47.5 Å². The van der Waals surface area contributed by atoms with Crippen LogP contribution < -0.4 is 15.0 Å². The Morgan fingerprint density at radius 2 is 1.69 bits per heavy atom. The molecule has 0 bridgehead atoms. The van der Waals surface area contributed by atoms with Crippen LogP contribution in [0.2, 0.25) is 10.0 Å². The fraction of sp³-hybridized carbons (Fsp3) is 0.0968. The van der Waals surface area contributed by atoms with Crippen LogP contribution in [0.15, 0.2) is 108 Å². The topological polar surface area (TPSA) is 50.5 Å². The number of aromatic nitrogens is 1. The summed E-state index contributed by atoms with van der Waals surface area (Å²) in [6.45, 7) is 2.02. The summed E-state index contributed by atoms with van der Waals surface area (Å²) in [4.78, 5) is 6.67. The van der Waals surface area contributed by atoms with Gasteiger partial charge in [-0.3, -0.25) is 4.98 Å². The number of para-hydroxylation sites is 1. The summed E-state index contributed by atoms with van der Waals surface area (Å²) >= 11 is 18.2. The van der Waals surface area contributed by atoms with Gasteiger partial charge < -0.3 is 19.4 Å². The number of furan rings is 1. The van der Waals surface area contributed by atoms with Crippen LogP contribution in [0.3, 0.4) is 0 Å². The van der Waals surface area contributed by atoms with E-state index in [9.17, 15) is 0 Å². The summed E-state index contributed by atoms with van der Waals surface area (Å²) in [6, 6.07) is 30.5. The number of hydrogen-bond acceptors (Lipinski definition) is 4. The molecular weight excluding hydrogens is 549 g/mol. The van der Waals surface area contributed by atoms with Crippen LogP contribution in [0.4, 0.5) is 5.69 Å². The largest absolute Gasteiger partial charge is 0.459 e. The van der Waals surface area contributed by atoms with Gasteiger partial charge in [0.05, 0.1) is 21.8 Å². The predicted octanol–water partition coefficient (Wildman–Crippen LogP) is 8.93. The highest BCUT2D eigenvalue weighted by Crippen LogP contribution is 2.43. The standard InChI is InChI=1S/C31H23Cl2N3O2S/c1-19-6-2-3-8-26(19)37-22-12-10-21(11-13-22)36-30(29(35-31(36)39)25-7-4-5-17-34-25)28-16-15-27(38-28)20-9-14-23(32)24(33)18-20/h2-18,29-30H,1H3,(H,35,39)/t29-,30-/m0/s1. The monoisotopic (exact) mass is 571 g/mol. The van der Waals surface area contributed by atoms with Crippen molar-refractivity contribution in [1.82, 2.24) is 10.3 Å². The van der Waals surface area contributed by atoms with Crippen LogP contribution in [0, 0.1) is 6.92 Å². The maximum Gasteiger partial charge on any atom is 0.174 e. The number of pyridine rings is 1. The first-order valence-electron chi connectivity index (χ1n) is 12.4. The smallest absolute Gasteiger partial charge is 0.174 e. The molecule has 5 aromatic rings. The van der Waals surface area contributed by atoms with Gasteiger partial charge in [-0.25, -0.2) is 0 Å². The molecule has 0 saturated carbocycles. The number of anilines is 1. The van der Waals surface area contributed by atoms with Crippen molar-refractivity contribution >= 4 is 46.2 Å². The summed E-state index contributed by atoms with van der Waals surface area (Å²) in [5, 5.41) is 5.00. The maximum absolute atomic E-state index is 6.42. The highest BCUT2D eigenvalue weighted by atomic mass is 35.5. The van der Waals surface area contributed by atoms with Crippen molar-refractivity contribution in [3.63, 3.8) is 0 Å². The Morgan fingerprint density at radius 3 is 2.44 bits per heavy atom. The van der Waals surface area contributed by atoms with Gasteiger partial charge in [0, 0.05) is 17.4 Å². The second kappa shape index (κ2) is 10.7. The number of rotatable bonds is 6. The van der Waals surface area contributed by atoms with Crippen LogP contribution in [-0.4, -0.2) is 10.1 Å². The Kier molecular flexibility index (Phi) is 7.00. The summed E-state index contributed by atoms with van der Waals surface area (Å²) in [5.74, 6) is 2.98. The van der Waals surface area contributed by atoms with Crippen molar-refractivity contribution in [1.29, 1.82) is 0 Å². The number of thiocarbonyl (C=S) groups is 1. The normalized spacial score (nSPS) is 16.8. The van der Waals surface area contributed by atoms with E-state index >= 15 is 0 Å². The van der Waals surface area contributed by atoms with E-state index in [0.717, 1.165) is 39.8 Å². The number of nitrogens with zero attached hydrogens (tertiary/aromatic N) is 2. The van der Waals surface area contributed by atoms with E-state index in [1.54, 1.807) is 18.3 Å². The molecule has 1 saturated heterocycles. The van der Waals surface area contributed by atoms with Crippen LogP contribution in [-0.2, 0) is 0 Å². The predicted molar refractivity (Wildman–Crippen MR) is 160 cm³/mol. The Morgan fingerprint density at radius 1 is 0.897 bits per heavy atom. The summed E-state index contributed by atoms with van der Waals surface area (Å²) in [5.41, 5.74) is 3.67. The highest BCUT2D eigenvalue weighted by molar-refractivity contribution is 7.80. The summed E-state index contributed by atoms with van der Waals surface area (Å²) in [7, 11) is 0. The molecule has 0 unspecified atom stereocenters. The van der Waals surface area contributed by atoms with Crippen LogP contribution in [0.25, 0.3) is 11.3 Å². The molecule has 0 spiro atoms. The SMILES string of the molecule is Cc1ccccc1Oc1ccc(N2C(=S)N[C@@H](c3ccccn3)[C@@H]2c2ccc(-c3ccc(Cl)c(Cl)c3)o2)cc1.